The molecule has 0 bridgehead atoms. The van der Waals surface area contributed by atoms with Gasteiger partial charge < -0.3 is 4.57 Å². The molecule has 0 amide bonds. The summed E-state index contributed by atoms with van der Waals surface area (Å²) in [7, 11) is 0. The van der Waals surface area contributed by atoms with Gasteiger partial charge in [-0.1, -0.05) is 48.0 Å². The van der Waals surface area contributed by atoms with Gasteiger partial charge in [-0.05, 0) is 17.7 Å². The second-order valence-electron chi connectivity index (χ2n) is 7.19. The minimum absolute atomic E-state index is 0.389. The SMILES string of the molecule is Fc1c(F)c(C(F)(F)F)c(F)c(F)c1NN=Cc1cn(Cc2ccccc2Cl)c2ccccc12. The van der Waals surface area contributed by atoms with E-state index in [0.717, 1.165) is 17.3 Å². The number of nitrogens with one attached hydrogen (secondary N) is 1. The third kappa shape index (κ3) is 4.33. The fraction of sp³-hybridized carbons (Fsp3) is 0.0870. The Morgan fingerprint density at radius 3 is 2.15 bits per heavy atom. The predicted octanol–water partition coefficient (Wildman–Crippen LogP) is 7.36. The molecule has 0 unspecified atom stereocenters. The molecular formula is C23H13ClF7N3. The van der Waals surface area contributed by atoms with E-state index in [1.54, 1.807) is 42.0 Å². The summed E-state index contributed by atoms with van der Waals surface area (Å²) >= 11 is 6.23. The summed E-state index contributed by atoms with van der Waals surface area (Å²) in [5.74, 6) is -9.63. The summed E-state index contributed by atoms with van der Waals surface area (Å²) in [6.45, 7) is 0.389. The second kappa shape index (κ2) is 9.02. The standard InChI is InChI=1S/C23H13ClF7N3/c24-15-7-3-1-5-12(15)10-34-11-13(14-6-2-4-8-16(14)34)9-32-33-22-20(27)18(25)17(23(29,30)31)19(26)21(22)28/h1-9,11,33H,10H2. The maximum atomic E-state index is 14.1. The van der Waals surface area contributed by atoms with Crippen LogP contribution in [0.5, 0.6) is 0 Å². The molecule has 0 fully saturated rings. The van der Waals surface area contributed by atoms with Crippen LogP contribution in [0.15, 0.2) is 59.8 Å². The van der Waals surface area contributed by atoms with Crippen molar-refractivity contribution in [3.8, 4) is 0 Å². The van der Waals surface area contributed by atoms with Gasteiger partial charge in [0.2, 0.25) is 0 Å². The van der Waals surface area contributed by atoms with E-state index in [1.165, 1.54) is 0 Å². The molecule has 1 heterocycles. The summed E-state index contributed by atoms with van der Waals surface area (Å²) in [4.78, 5) is 0. The monoisotopic (exact) mass is 499 g/mol. The van der Waals surface area contributed by atoms with E-state index in [9.17, 15) is 30.7 Å². The van der Waals surface area contributed by atoms with Crippen LogP contribution < -0.4 is 5.43 Å². The number of hydrogen-bond donors (Lipinski definition) is 1. The number of benzene rings is 3. The molecule has 1 N–H and O–H groups in total. The number of anilines is 1. The maximum Gasteiger partial charge on any atom is 0.422 e. The zero-order valence-corrected chi connectivity index (χ0v) is 17.7. The van der Waals surface area contributed by atoms with E-state index in [0.29, 0.717) is 22.5 Å². The number of para-hydroxylation sites is 1. The van der Waals surface area contributed by atoms with Crippen molar-refractivity contribution < 1.29 is 30.7 Å². The molecule has 0 saturated carbocycles. The van der Waals surface area contributed by atoms with Gasteiger partial charge in [0.1, 0.15) is 11.3 Å². The number of hydrogen-bond acceptors (Lipinski definition) is 2. The topological polar surface area (TPSA) is 29.3 Å². The Morgan fingerprint density at radius 2 is 1.50 bits per heavy atom. The molecule has 0 aliphatic rings. The van der Waals surface area contributed by atoms with Crippen LogP contribution in [0.2, 0.25) is 5.02 Å². The highest BCUT2D eigenvalue weighted by atomic mass is 35.5. The molecule has 0 aliphatic heterocycles. The Bertz CT molecular complexity index is 1380. The Labute approximate surface area is 193 Å². The van der Waals surface area contributed by atoms with Gasteiger partial charge >= 0.3 is 6.18 Å². The molecule has 34 heavy (non-hydrogen) atoms. The highest BCUT2D eigenvalue weighted by Crippen LogP contribution is 2.38. The lowest BCUT2D eigenvalue weighted by Crippen LogP contribution is -2.16. The van der Waals surface area contributed by atoms with Crippen LogP contribution in [-0.4, -0.2) is 10.8 Å². The molecule has 4 rings (SSSR count). The number of alkyl halides is 3. The summed E-state index contributed by atoms with van der Waals surface area (Å²) < 4.78 is 95.8. The van der Waals surface area contributed by atoms with Crippen molar-refractivity contribution in [3.63, 3.8) is 0 Å². The van der Waals surface area contributed by atoms with Crippen molar-refractivity contribution in [3.05, 3.63) is 99.7 Å². The first-order valence-corrected chi connectivity index (χ1v) is 10.0. The number of nitrogens with zero attached hydrogens (tertiary/aromatic N) is 2. The Balaban J connectivity index is 1.68. The molecule has 0 radical (unpaired) electrons. The number of halogens is 8. The van der Waals surface area contributed by atoms with Gasteiger partial charge in [-0.25, -0.2) is 17.6 Å². The summed E-state index contributed by atoms with van der Waals surface area (Å²) in [5.41, 5.74) is -0.317. The molecule has 0 saturated heterocycles. The predicted molar refractivity (Wildman–Crippen MR) is 115 cm³/mol. The van der Waals surface area contributed by atoms with Crippen LogP contribution in [0.25, 0.3) is 10.9 Å². The Kier molecular flexibility index (Phi) is 6.26. The number of hydrazone groups is 1. The van der Waals surface area contributed by atoms with Gasteiger partial charge in [0, 0.05) is 34.2 Å². The van der Waals surface area contributed by atoms with E-state index in [2.05, 4.69) is 5.10 Å². The van der Waals surface area contributed by atoms with Gasteiger partial charge in [-0.3, -0.25) is 5.43 Å². The van der Waals surface area contributed by atoms with Gasteiger partial charge in [-0.15, -0.1) is 0 Å². The molecule has 176 valence electrons. The first-order chi connectivity index (χ1) is 16.1. The average Bonchev–Trinajstić information content (AvgIpc) is 3.13. The van der Waals surface area contributed by atoms with E-state index >= 15 is 0 Å². The molecule has 4 aromatic rings. The minimum Gasteiger partial charge on any atom is -0.342 e. The van der Waals surface area contributed by atoms with Crippen molar-refractivity contribution in [2.24, 2.45) is 5.10 Å². The van der Waals surface area contributed by atoms with Gasteiger partial charge in [0.15, 0.2) is 23.3 Å². The van der Waals surface area contributed by atoms with Crippen LogP contribution in [-0.2, 0) is 12.7 Å². The second-order valence-corrected chi connectivity index (χ2v) is 7.60. The van der Waals surface area contributed by atoms with E-state index < -0.39 is 40.7 Å². The third-order valence-corrected chi connectivity index (χ3v) is 5.41. The largest absolute Gasteiger partial charge is 0.422 e. The number of rotatable bonds is 5. The molecule has 0 spiro atoms. The van der Waals surface area contributed by atoms with Crippen molar-refractivity contribution >= 4 is 34.4 Å². The molecule has 3 nitrogen and oxygen atoms in total. The van der Waals surface area contributed by atoms with Crippen LogP contribution >= 0.6 is 11.6 Å². The number of fused-ring (bicyclic) bond motifs is 1. The lowest BCUT2D eigenvalue weighted by Gasteiger charge is -2.13. The van der Waals surface area contributed by atoms with E-state index in [1.807, 2.05) is 22.8 Å². The minimum atomic E-state index is -5.62. The Hall–Kier alpha value is -3.53. The van der Waals surface area contributed by atoms with Crippen LogP contribution in [0.1, 0.15) is 16.7 Å². The fourth-order valence-corrected chi connectivity index (χ4v) is 3.66. The molecule has 1 aromatic heterocycles. The van der Waals surface area contributed by atoms with Crippen molar-refractivity contribution in [2.75, 3.05) is 5.43 Å². The van der Waals surface area contributed by atoms with Crippen molar-refractivity contribution in [1.82, 2.24) is 4.57 Å². The van der Waals surface area contributed by atoms with Crippen molar-refractivity contribution in [2.45, 2.75) is 12.7 Å². The lowest BCUT2D eigenvalue weighted by molar-refractivity contribution is -0.143. The number of aromatic nitrogens is 1. The van der Waals surface area contributed by atoms with Crippen LogP contribution in [0.4, 0.5) is 36.4 Å². The van der Waals surface area contributed by atoms with Crippen molar-refractivity contribution in [1.29, 1.82) is 0 Å². The van der Waals surface area contributed by atoms with E-state index in [4.69, 9.17) is 11.6 Å². The molecule has 0 atom stereocenters. The van der Waals surface area contributed by atoms with Gasteiger partial charge in [0.05, 0.1) is 6.21 Å². The summed E-state index contributed by atoms with van der Waals surface area (Å²) in [6.07, 6.45) is -2.83. The van der Waals surface area contributed by atoms with Crippen LogP contribution in [0, 0.1) is 23.3 Å². The van der Waals surface area contributed by atoms with Gasteiger partial charge in [-0.2, -0.15) is 18.3 Å². The molecule has 11 heteroatoms. The maximum absolute atomic E-state index is 14.1. The first-order valence-electron chi connectivity index (χ1n) is 9.63. The highest BCUT2D eigenvalue weighted by molar-refractivity contribution is 6.31. The first kappa shape index (κ1) is 23.6. The zero-order valence-electron chi connectivity index (χ0n) is 16.9. The summed E-state index contributed by atoms with van der Waals surface area (Å²) in [5, 5.41) is 4.82. The molecule has 3 aromatic carbocycles. The van der Waals surface area contributed by atoms with E-state index in [-0.39, 0.29) is 0 Å². The smallest absolute Gasteiger partial charge is 0.342 e. The zero-order chi connectivity index (χ0) is 24.6. The quantitative estimate of drug-likeness (QED) is 0.132. The van der Waals surface area contributed by atoms with Gasteiger partial charge in [0.25, 0.3) is 0 Å². The normalized spacial score (nSPS) is 12.1. The molecule has 0 aliphatic carbocycles. The fourth-order valence-electron chi connectivity index (χ4n) is 3.46. The third-order valence-electron chi connectivity index (χ3n) is 5.04. The molecular weight excluding hydrogens is 487 g/mol. The lowest BCUT2D eigenvalue weighted by atomic mass is 10.1. The van der Waals surface area contributed by atoms with Crippen LogP contribution in [0.3, 0.4) is 0 Å². The Morgan fingerprint density at radius 1 is 0.882 bits per heavy atom. The summed E-state index contributed by atoms with van der Waals surface area (Å²) in [6, 6.07) is 14.3. The average molecular weight is 500 g/mol. The highest BCUT2D eigenvalue weighted by Gasteiger charge is 2.42.